The van der Waals surface area contributed by atoms with Gasteiger partial charge in [-0.3, -0.25) is 10.1 Å². The van der Waals surface area contributed by atoms with Gasteiger partial charge in [0.25, 0.3) is 0 Å². The van der Waals surface area contributed by atoms with Crippen molar-refractivity contribution in [3.05, 3.63) is 58.4 Å². The van der Waals surface area contributed by atoms with Crippen LogP contribution in [-0.4, -0.2) is 35.9 Å². The van der Waals surface area contributed by atoms with Gasteiger partial charge in [-0.05, 0) is 29.8 Å². The highest BCUT2D eigenvalue weighted by atomic mass is 16.7. The molecule has 0 unspecified atom stereocenters. The Labute approximate surface area is 177 Å². The van der Waals surface area contributed by atoms with Crippen molar-refractivity contribution >= 4 is 23.0 Å². The molecule has 11 heteroatoms. The second-order valence-electron chi connectivity index (χ2n) is 6.41. The van der Waals surface area contributed by atoms with Crippen LogP contribution in [0.3, 0.4) is 0 Å². The number of nitro groups is 1. The molecular formula is C20H19N5O6. The van der Waals surface area contributed by atoms with Crippen molar-refractivity contribution in [3.8, 4) is 23.0 Å². The van der Waals surface area contributed by atoms with Gasteiger partial charge in [0.2, 0.25) is 18.4 Å². The minimum Gasteiger partial charge on any atom is -0.497 e. The first-order valence-electron chi connectivity index (χ1n) is 9.20. The van der Waals surface area contributed by atoms with Gasteiger partial charge in [0.15, 0.2) is 11.5 Å². The largest absolute Gasteiger partial charge is 0.497 e. The average molecular weight is 425 g/mol. The number of anilines is 3. The molecule has 11 nitrogen and oxygen atoms in total. The van der Waals surface area contributed by atoms with Gasteiger partial charge < -0.3 is 29.6 Å². The van der Waals surface area contributed by atoms with Gasteiger partial charge in [-0.25, -0.2) is 9.97 Å². The normalized spacial score (nSPS) is 11.7. The van der Waals surface area contributed by atoms with Crippen molar-refractivity contribution in [2.75, 3.05) is 31.6 Å². The fourth-order valence-electron chi connectivity index (χ4n) is 3.04. The summed E-state index contributed by atoms with van der Waals surface area (Å²) in [7, 11) is 3.03. The molecule has 0 aliphatic carbocycles. The summed E-state index contributed by atoms with van der Waals surface area (Å²) in [6.45, 7) is 0.466. The number of rotatable bonds is 8. The van der Waals surface area contributed by atoms with E-state index in [4.69, 9.17) is 18.9 Å². The van der Waals surface area contributed by atoms with Gasteiger partial charge in [-0.2, -0.15) is 0 Å². The summed E-state index contributed by atoms with van der Waals surface area (Å²) in [4.78, 5) is 19.4. The topological polar surface area (TPSA) is 130 Å². The molecule has 1 aliphatic rings. The molecule has 2 N–H and O–H groups in total. The van der Waals surface area contributed by atoms with E-state index in [1.807, 2.05) is 12.1 Å². The standard InChI is InChI=1S/C20H19N5O6/c1-28-13-4-5-14(16(8-13)29-2)24-20-18(25(26)27)19(22-10-23-20)21-9-12-3-6-15-17(7-12)31-11-30-15/h3-8,10H,9,11H2,1-2H3,(H2,21,22,23,24). The van der Waals surface area contributed by atoms with Crippen molar-refractivity contribution in [3.63, 3.8) is 0 Å². The van der Waals surface area contributed by atoms with Crippen molar-refractivity contribution in [1.82, 2.24) is 9.97 Å². The number of hydrogen-bond acceptors (Lipinski definition) is 10. The van der Waals surface area contributed by atoms with Crippen LogP contribution in [0.1, 0.15) is 5.56 Å². The summed E-state index contributed by atoms with van der Waals surface area (Å²) in [6, 6.07) is 10.5. The summed E-state index contributed by atoms with van der Waals surface area (Å²) in [5.74, 6) is 2.43. The summed E-state index contributed by atoms with van der Waals surface area (Å²) in [5, 5.41) is 17.8. The minimum atomic E-state index is -0.541. The van der Waals surface area contributed by atoms with Crippen molar-refractivity contribution in [2.24, 2.45) is 0 Å². The van der Waals surface area contributed by atoms with Crippen LogP contribution in [-0.2, 0) is 6.54 Å². The fourth-order valence-corrected chi connectivity index (χ4v) is 3.04. The second-order valence-corrected chi connectivity index (χ2v) is 6.41. The Hall–Kier alpha value is -4.28. The molecule has 0 saturated carbocycles. The first kappa shape index (κ1) is 20.0. The van der Waals surface area contributed by atoms with Crippen LogP contribution >= 0.6 is 0 Å². The van der Waals surface area contributed by atoms with Gasteiger partial charge in [-0.1, -0.05) is 6.07 Å². The van der Waals surface area contributed by atoms with Crippen molar-refractivity contribution in [2.45, 2.75) is 6.54 Å². The Morgan fingerprint density at radius 2 is 1.87 bits per heavy atom. The van der Waals surface area contributed by atoms with Crippen LogP contribution < -0.4 is 29.6 Å². The van der Waals surface area contributed by atoms with E-state index < -0.39 is 4.92 Å². The zero-order chi connectivity index (χ0) is 21.8. The van der Waals surface area contributed by atoms with Crippen LogP contribution in [0.5, 0.6) is 23.0 Å². The lowest BCUT2D eigenvalue weighted by molar-refractivity contribution is -0.383. The smallest absolute Gasteiger partial charge is 0.353 e. The summed E-state index contributed by atoms with van der Waals surface area (Å²) < 4.78 is 21.2. The first-order chi connectivity index (χ1) is 15.1. The monoisotopic (exact) mass is 425 g/mol. The molecule has 0 saturated heterocycles. The van der Waals surface area contributed by atoms with Gasteiger partial charge in [-0.15, -0.1) is 0 Å². The van der Waals surface area contributed by atoms with Crippen LogP contribution in [0.25, 0.3) is 0 Å². The predicted molar refractivity (Wildman–Crippen MR) is 111 cm³/mol. The molecule has 0 atom stereocenters. The highest BCUT2D eigenvalue weighted by Crippen LogP contribution is 2.36. The van der Waals surface area contributed by atoms with E-state index >= 15 is 0 Å². The number of fused-ring (bicyclic) bond motifs is 1. The van der Waals surface area contributed by atoms with Gasteiger partial charge in [0.1, 0.15) is 17.8 Å². The Balaban J connectivity index is 1.59. The van der Waals surface area contributed by atoms with Crippen LogP contribution in [0.15, 0.2) is 42.7 Å². The van der Waals surface area contributed by atoms with Gasteiger partial charge in [0.05, 0.1) is 24.8 Å². The zero-order valence-electron chi connectivity index (χ0n) is 16.7. The molecule has 0 radical (unpaired) electrons. The van der Waals surface area contributed by atoms with E-state index in [1.165, 1.54) is 20.5 Å². The van der Waals surface area contributed by atoms with E-state index in [-0.39, 0.29) is 24.1 Å². The molecular weight excluding hydrogens is 406 g/mol. The number of nitrogens with zero attached hydrogens (tertiary/aromatic N) is 3. The summed E-state index contributed by atoms with van der Waals surface area (Å²) >= 11 is 0. The molecule has 0 fully saturated rings. The molecule has 2 aromatic carbocycles. The number of ether oxygens (including phenoxy) is 4. The molecule has 3 aromatic rings. The second kappa shape index (κ2) is 8.61. The average Bonchev–Trinajstić information content (AvgIpc) is 3.25. The Morgan fingerprint density at radius 1 is 1.06 bits per heavy atom. The maximum atomic E-state index is 11.8. The lowest BCUT2D eigenvalue weighted by Crippen LogP contribution is -2.08. The quantitative estimate of drug-likeness (QED) is 0.408. The maximum absolute atomic E-state index is 11.8. The lowest BCUT2D eigenvalue weighted by Gasteiger charge is -2.13. The Bertz CT molecular complexity index is 1120. The highest BCUT2D eigenvalue weighted by Gasteiger charge is 2.24. The maximum Gasteiger partial charge on any atom is 0.353 e. The molecule has 2 heterocycles. The molecule has 1 aliphatic heterocycles. The summed E-state index contributed by atoms with van der Waals surface area (Å²) in [5.41, 5.74) is 1.05. The van der Waals surface area contributed by atoms with E-state index in [1.54, 1.807) is 24.3 Å². The van der Waals surface area contributed by atoms with Crippen molar-refractivity contribution < 1.29 is 23.9 Å². The molecule has 160 valence electrons. The van der Waals surface area contributed by atoms with E-state index in [0.29, 0.717) is 35.2 Å². The SMILES string of the molecule is COc1ccc(Nc2ncnc(NCc3ccc4c(c3)OCO4)c2[N+](=O)[O-])c(OC)c1. The number of methoxy groups -OCH3 is 2. The Kier molecular flexibility index (Phi) is 5.56. The molecule has 0 bridgehead atoms. The molecule has 31 heavy (non-hydrogen) atoms. The molecule has 0 spiro atoms. The first-order valence-corrected chi connectivity index (χ1v) is 9.20. The fraction of sp³-hybridized carbons (Fsp3) is 0.200. The number of benzene rings is 2. The Morgan fingerprint density at radius 3 is 2.65 bits per heavy atom. The predicted octanol–water partition coefficient (Wildman–Crippen LogP) is 3.49. The molecule has 4 rings (SSSR count). The minimum absolute atomic E-state index is 0.0247. The van der Waals surface area contributed by atoms with E-state index in [9.17, 15) is 10.1 Å². The molecule has 0 amide bonds. The van der Waals surface area contributed by atoms with Crippen LogP contribution in [0.4, 0.5) is 23.0 Å². The van der Waals surface area contributed by atoms with Crippen LogP contribution in [0, 0.1) is 10.1 Å². The lowest BCUT2D eigenvalue weighted by atomic mass is 10.2. The van der Waals surface area contributed by atoms with Crippen molar-refractivity contribution in [1.29, 1.82) is 0 Å². The van der Waals surface area contributed by atoms with Gasteiger partial charge in [0, 0.05) is 12.6 Å². The molecule has 1 aromatic heterocycles. The third-order valence-electron chi connectivity index (χ3n) is 4.56. The third-order valence-corrected chi connectivity index (χ3v) is 4.56. The number of aromatic nitrogens is 2. The number of nitrogens with one attached hydrogen (secondary N) is 2. The highest BCUT2D eigenvalue weighted by molar-refractivity contribution is 5.76. The zero-order valence-corrected chi connectivity index (χ0v) is 16.7. The third kappa shape index (κ3) is 4.20. The van der Waals surface area contributed by atoms with Gasteiger partial charge >= 0.3 is 5.69 Å². The van der Waals surface area contributed by atoms with E-state index in [0.717, 1.165) is 5.56 Å². The van der Waals surface area contributed by atoms with E-state index in [2.05, 4.69) is 20.6 Å². The number of hydrogen-bond donors (Lipinski definition) is 2. The van der Waals surface area contributed by atoms with Crippen LogP contribution in [0.2, 0.25) is 0 Å². The summed E-state index contributed by atoms with van der Waals surface area (Å²) in [6.07, 6.45) is 1.24.